The number of rotatable bonds is 2. The van der Waals surface area contributed by atoms with E-state index >= 15 is 0 Å². The average Bonchev–Trinajstić information content (AvgIpc) is 2.84. The van der Waals surface area contributed by atoms with E-state index in [1.807, 2.05) is 30.1 Å². The van der Waals surface area contributed by atoms with Crippen LogP contribution in [0.3, 0.4) is 0 Å². The molecule has 0 bridgehead atoms. The van der Waals surface area contributed by atoms with Crippen molar-refractivity contribution in [3.63, 3.8) is 0 Å². The van der Waals surface area contributed by atoms with Crippen LogP contribution >= 0.6 is 0 Å². The van der Waals surface area contributed by atoms with E-state index in [0.29, 0.717) is 17.5 Å². The Balaban J connectivity index is 0.00000120. The minimum Gasteiger partial charge on any atom is -1.00 e. The first-order valence-corrected chi connectivity index (χ1v) is 5.04. The standard InChI is InChI=1S/C10H10N5O2.HI/c1-6-13-14-10(16-6)12-9-11-7-5-15(2)4-3-8(7)17-9;/h3-5H,1-2H3,(H,11,12,14);1H/q+1;/p-1. The Morgan fingerprint density at radius 3 is 2.78 bits per heavy atom. The van der Waals surface area contributed by atoms with Gasteiger partial charge in [-0.25, -0.2) is 4.57 Å². The van der Waals surface area contributed by atoms with Gasteiger partial charge in [-0.05, 0) is 0 Å². The highest BCUT2D eigenvalue weighted by Crippen LogP contribution is 2.19. The molecule has 3 rings (SSSR count). The fourth-order valence-corrected chi connectivity index (χ4v) is 1.47. The Kier molecular flexibility index (Phi) is 3.45. The van der Waals surface area contributed by atoms with Gasteiger partial charge in [0.1, 0.15) is 7.05 Å². The highest BCUT2D eigenvalue weighted by Gasteiger charge is 2.11. The average molecular weight is 359 g/mol. The molecular formula is C10H10IN5O2. The summed E-state index contributed by atoms with van der Waals surface area (Å²) in [6.07, 6.45) is 3.75. The maximum atomic E-state index is 5.47. The Hall–Kier alpha value is -1.71. The molecule has 0 aliphatic heterocycles. The second-order valence-electron chi connectivity index (χ2n) is 3.63. The minimum absolute atomic E-state index is 0. The molecule has 0 aromatic carbocycles. The van der Waals surface area contributed by atoms with E-state index < -0.39 is 0 Å². The molecule has 1 N–H and O–H groups in total. The van der Waals surface area contributed by atoms with Crippen molar-refractivity contribution < 1.29 is 37.4 Å². The predicted octanol–water partition coefficient (Wildman–Crippen LogP) is -1.91. The molecular weight excluding hydrogens is 349 g/mol. The molecule has 94 valence electrons. The molecule has 0 aliphatic rings. The van der Waals surface area contributed by atoms with Gasteiger partial charge in [-0.2, -0.15) is 4.98 Å². The van der Waals surface area contributed by atoms with Crippen LogP contribution in [0.15, 0.2) is 27.3 Å². The number of nitrogens with zero attached hydrogens (tertiary/aromatic N) is 4. The fraction of sp³-hybridized carbons (Fsp3) is 0.200. The molecule has 0 radical (unpaired) electrons. The minimum atomic E-state index is 0. The van der Waals surface area contributed by atoms with Gasteiger partial charge in [0.2, 0.25) is 5.89 Å². The lowest BCUT2D eigenvalue weighted by molar-refractivity contribution is -0.670. The number of nitrogens with one attached hydrogen (secondary N) is 1. The Morgan fingerprint density at radius 2 is 2.06 bits per heavy atom. The van der Waals surface area contributed by atoms with Crippen molar-refractivity contribution in [2.24, 2.45) is 7.05 Å². The largest absolute Gasteiger partial charge is 1.00 e. The van der Waals surface area contributed by atoms with Crippen LogP contribution in [0, 0.1) is 6.92 Å². The van der Waals surface area contributed by atoms with Gasteiger partial charge in [-0.15, -0.1) is 5.10 Å². The summed E-state index contributed by atoms with van der Waals surface area (Å²) < 4.78 is 12.5. The molecule has 0 atom stereocenters. The molecule has 0 saturated carbocycles. The van der Waals surface area contributed by atoms with Gasteiger partial charge in [0.15, 0.2) is 23.5 Å². The van der Waals surface area contributed by atoms with Crippen molar-refractivity contribution in [1.29, 1.82) is 0 Å². The molecule has 0 unspecified atom stereocenters. The lowest BCUT2D eigenvalue weighted by Gasteiger charge is -1.90. The molecule has 18 heavy (non-hydrogen) atoms. The molecule has 3 aromatic heterocycles. The zero-order valence-corrected chi connectivity index (χ0v) is 11.9. The van der Waals surface area contributed by atoms with Crippen LogP contribution in [0.2, 0.25) is 0 Å². The smallest absolute Gasteiger partial charge is 0.323 e. The maximum Gasteiger partial charge on any atom is 0.323 e. The number of anilines is 2. The van der Waals surface area contributed by atoms with Crippen LogP contribution in [0.5, 0.6) is 0 Å². The van der Waals surface area contributed by atoms with Gasteiger partial charge < -0.3 is 32.8 Å². The number of hydrogen-bond acceptors (Lipinski definition) is 6. The topological polar surface area (TPSA) is 80.9 Å². The molecule has 0 spiro atoms. The number of hydrogen-bond donors (Lipinski definition) is 1. The lowest BCUT2D eigenvalue weighted by atomic mass is 10.4. The first kappa shape index (κ1) is 12.7. The zero-order valence-electron chi connectivity index (χ0n) is 9.72. The van der Waals surface area contributed by atoms with E-state index in [0.717, 1.165) is 5.52 Å². The summed E-state index contributed by atoms with van der Waals surface area (Å²) in [7, 11) is 1.92. The molecule has 0 aliphatic carbocycles. The van der Waals surface area contributed by atoms with Crippen LogP contribution in [0.25, 0.3) is 11.1 Å². The van der Waals surface area contributed by atoms with Crippen molar-refractivity contribution in [3.8, 4) is 0 Å². The first-order chi connectivity index (χ1) is 8.20. The Bertz CT molecular complexity index is 678. The van der Waals surface area contributed by atoms with Crippen LogP contribution in [-0.4, -0.2) is 15.2 Å². The van der Waals surface area contributed by atoms with Crippen molar-refractivity contribution >= 4 is 23.1 Å². The second kappa shape index (κ2) is 4.88. The van der Waals surface area contributed by atoms with Crippen LogP contribution in [-0.2, 0) is 7.05 Å². The van der Waals surface area contributed by atoms with Crippen molar-refractivity contribution in [1.82, 2.24) is 15.2 Å². The van der Waals surface area contributed by atoms with E-state index in [1.54, 1.807) is 6.92 Å². The molecule has 0 amide bonds. The van der Waals surface area contributed by atoms with Gasteiger partial charge in [-0.3, -0.25) is 5.32 Å². The van der Waals surface area contributed by atoms with Gasteiger partial charge in [0.05, 0.1) is 0 Å². The third-order valence-electron chi connectivity index (χ3n) is 2.21. The lowest BCUT2D eigenvalue weighted by Crippen LogP contribution is -3.00. The Morgan fingerprint density at radius 1 is 1.22 bits per heavy atom. The summed E-state index contributed by atoms with van der Waals surface area (Å²) in [5.74, 6) is 0.481. The number of pyridine rings is 1. The van der Waals surface area contributed by atoms with Gasteiger partial charge in [0, 0.05) is 13.0 Å². The van der Waals surface area contributed by atoms with Gasteiger partial charge >= 0.3 is 12.0 Å². The number of aryl methyl sites for hydroxylation is 2. The van der Waals surface area contributed by atoms with Crippen molar-refractivity contribution in [2.75, 3.05) is 5.32 Å². The van der Waals surface area contributed by atoms with E-state index in [2.05, 4.69) is 20.5 Å². The monoisotopic (exact) mass is 359 g/mol. The Labute approximate surface area is 119 Å². The SMILES string of the molecule is Cc1nnc(Nc2nc3c[n+](C)ccc3o2)o1.[I-]. The summed E-state index contributed by atoms with van der Waals surface area (Å²) in [4.78, 5) is 4.25. The third-order valence-corrected chi connectivity index (χ3v) is 2.21. The molecule has 3 heterocycles. The summed E-state index contributed by atoms with van der Waals surface area (Å²) in [5, 5.41) is 10.3. The summed E-state index contributed by atoms with van der Waals surface area (Å²) in [6.45, 7) is 1.71. The summed E-state index contributed by atoms with van der Waals surface area (Å²) in [5.41, 5.74) is 1.45. The number of oxazole rings is 1. The molecule has 0 saturated heterocycles. The first-order valence-electron chi connectivity index (χ1n) is 5.04. The van der Waals surface area contributed by atoms with E-state index in [4.69, 9.17) is 8.83 Å². The van der Waals surface area contributed by atoms with Crippen LogP contribution in [0.4, 0.5) is 12.0 Å². The fourth-order valence-electron chi connectivity index (χ4n) is 1.47. The molecule has 0 fully saturated rings. The van der Waals surface area contributed by atoms with E-state index in [-0.39, 0.29) is 30.0 Å². The normalized spacial score (nSPS) is 10.3. The zero-order chi connectivity index (χ0) is 11.8. The highest BCUT2D eigenvalue weighted by molar-refractivity contribution is 5.72. The molecule has 7 nitrogen and oxygen atoms in total. The van der Waals surface area contributed by atoms with E-state index in [1.165, 1.54) is 0 Å². The van der Waals surface area contributed by atoms with Gasteiger partial charge in [-0.1, -0.05) is 5.10 Å². The highest BCUT2D eigenvalue weighted by atomic mass is 127. The summed E-state index contributed by atoms with van der Waals surface area (Å²) in [6, 6.07) is 2.43. The third kappa shape index (κ3) is 2.42. The maximum absolute atomic E-state index is 5.47. The molecule has 3 aromatic rings. The van der Waals surface area contributed by atoms with Crippen LogP contribution < -0.4 is 33.9 Å². The van der Waals surface area contributed by atoms with Crippen molar-refractivity contribution in [2.45, 2.75) is 6.92 Å². The number of aromatic nitrogens is 4. The molecule has 8 heteroatoms. The predicted molar refractivity (Wildman–Crippen MR) is 57.5 cm³/mol. The van der Waals surface area contributed by atoms with Crippen molar-refractivity contribution in [3.05, 3.63) is 24.4 Å². The number of fused-ring (bicyclic) bond motifs is 1. The van der Waals surface area contributed by atoms with Crippen LogP contribution in [0.1, 0.15) is 5.89 Å². The quantitative estimate of drug-likeness (QED) is 0.425. The van der Waals surface area contributed by atoms with E-state index in [9.17, 15) is 0 Å². The number of halogens is 1. The summed E-state index contributed by atoms with van der Waals surface area (Å²) >= 11 is 0. The second-order valence-corrected chi connectivity index (χ2v) is 3.63. The van der Waals surface area contributed by atoms with Gasteiger partial charge in [0.25, 0.3) is 0 Å².